The monoisotopic (exact) mass is 304 g/mol. The lowest BCUT2D eigenvalue weighted by Gasteiger charge is -2.26. The fourth-order valence-corrected chi connectivity index (χ4v) is 3.12. The lowest BCUT2D eigenvalue weighted by atomic mass is 9.87. The van der Waals surface area contributed by atoms with Crippen LogP contribution < -0.4 is 16.0 Å². The number of ether oxygens (including phenoxy) is 1. The highest BCUT2D eigenvalue weighted by molar-refractivity contribution is 5.85. The predicted molar refractivity (Wildman–Crippen MR) is 84.6 cm³/mol. The van der Waals surface area contributed by atoms with Gasteiger partial charge in [0, 0.05) is 24.5 Å². The highest BCUT2D eigenvalue weighted by Gasteiger charge is 2.20. The fraction of sp³-hybridized carbons (Fsp3) is 0.471. The Labute approximate surface area is 128 Å². The van der Waals surface area contributed by atoms with E-state index < -0.39 is 5.82 Å². The van der Waals surface area contributed by atoms with Gasteiger partial charge in [0.1, 0.15) is 0 Å². The smallest absolute Gasteiger partial charge is 0.250 e. The highest BCUT2D eigenvalue weighted by Crippen LogP contribution is 2.30. The van der Waals surface area contributed by atoms with Gasteiger partial charge in [0.05, 0.1) is 12.1 Å². The molecule has 3 rings (SSSR count). The van der Waals surface area contributed by atoms with Crippen LogP contribution in [0.25, 0.3) is 10.9 Å². The number of fused-ring (bicyclic) bond motifs is 1. The van der Waals surface area contributed by atoms with Gasteiger partial charge in [-0.15, -0.1) is 0 Å². The third-order valence-electron chi connectivity index (χ3n) is 4.54. The largest absolute Gasteiger partial charge is 0.488 e. The summed E-state index contributed by atoms with van der Waals surface area (Å²) in [6.45, 7) is 0.464. The molecule has 0 aliphatic heterocycles. The number of aromatic nitrogens is 1. The number of pyridine rings is 1. The Kier molecular flexibility index (Phi) is 4.16. The number of aryl methyl sites for hydroxylation is 1. The van der Waals surface area contributed by atoms with Crippen molar-refractivity contribution in [3.05, 3.63) is 40.4 Å². The van der Waals surface area contributed by atoms with Crippen LogP contribution in [0.15, 0.2) is 29.1 Å². The van der Waals surface area contributed by atoms with Crippen LogP contribution in [0, 0.1) is 11.7 Å². The van der Waals surface area contributed by atoms with Crippen molar-refractivity contribution in [1.29, 1.82) is 0 Å². The van der Waals surface area contributed by atoms with Gasteiger partial charge in [-0.2, -0.15) is 0 Å². The van der Waals surface area contributed by atoms with E-state index in [-0.39, 0.29) is 17.4 Å². The van der Waals surface area contributed by atoms with Gasteiger partial charge in [-0.05, 0) is 49.8 Å². The van der Waals surface area contributed by atoms with Crippen molar-refractivity contribution in [1.82, 2.24) is 4.57 Å². The molecule has 1 aromatic carbocycles. The maximum atomic E-state index is 14.2. The summed E-state index contributed by atoms with van der Waals surface area (Å²) in [5.41, 5.74) is 6.24. The van der Waals surface area contributed by atoms with Crippen molar-refractivity contribution in [3.8, 4) is 5.75 Å². The SMILES string of the molecule is Cn1c(=O)ccc2ccc(F)c(OC[C@H]3CC[C@H](N)CC3)c21. The van der Waals surface area contributed by atoms with Crippen molar-refractivity contribution in [3.63, 3.8) is 0 Å². The molecule has 0 bridgehead atoms. The third-order valence-corrected chi connectivity index (χ3v) is 4.54. The van der Waals surface area contributed by atoms with E-state index in [2.05, 4.69) is 0 Å². The van der Waals surface area contributed by atoms with E-state index in [1.807, 2.05) is 0 Å². The number of rotatable bonds is 3. The quantitative estimate of drug-likeness (QED) is 0.948. The Hall–Kier alpha value is -1.88. The van der Waals surface area contributed by atoms with Crippen LogP contribution in [0.3, 0.4) is 0 Å². The van der Waals surface area contributed by atoms with Gasteiger partial charge in [0.15, 0.2) is 11.6 Å². The van der Waals surface area contributed by atoms with E-state index in [0.717, 1.165) is 31.1 Å². The topological polar surface area (TPSA) is 57.2 Å². The molecule has 0 radical (unpaired) electrons. The first-order valence-corrected chi connectivity index (χ1v) is 7.73. The zero-order chi connectivity index (χ0) is 15.7. The molecular weight excluding hydrogens is 283 g/mol. The number of halogens is 1. The molecule has 118 valence electrons. The number of hydrogen-bond donors (Lipinski definition) is 1. The second-order valence-electron chi connectivity index (χ2n) is 6.14. The van der Waals surface area contributed by atoms with Gasteiger partial charge >= 0.3 is 0 Å². The second-order valence-corrected chi connectivity index (χ2v) is 6.14. The van der Waals surface area contributed by atoms with Crippen LogP contribution in [0.2, 0.25) is 0 Å². The third kappa shape index (κ3) is 2.86. The number of benzene rings is 1. The normalized spacial score (nSPS) is 22.0. The van der Waals surface area contributed by atoms with Crippen molar-refractivity contribution in [2.24, 2.45) is 18.7 Å². The summed E-state index contributed by atoms with van der Waals surface area (Å²) >= 11 is 0. The molecule has 0 saturated heterocycles. The molecular formula is C17H21FN2O2. The number of nitrogens with zero attached hydrogens (tertiary/aromatic N) is 1. The summed E-state index contributed by atoms with van der Waals surface area (Å²) in [4.78, 5) is 11.8. The Balaban J connectivity index is 1.88. The van der Waals surface area contributed by atoms with Gasteiger partial charge < -0.3 is 15.0 Å². The lowest BCUT2D eigenvalue weighted by Crippen LogP contribution is -2.29. The van der Waals surface area contributed by atoms with Crippen molar-refractivity contribution >= 4 is 10.9 Å². The van der Waals surface area contributed by atoms with Gasteiger partial charge in [-0.3, -0.25) is 4.79 Å². The van der Waals surface area contributed by atoms with E-state index in [4.69, 9.17) is 10.5 Å². The molecule has 0 amide bonds. The molecule has 1 saturated carbocycles. The zero-order valence-electron chi connectivity index (χ0n) is 12.7. The first-order valence-electron chi connectivity index (χ1n) is 7.73. The van der Waals surface area contributed by atoms with E-state index in [1.165, 1.54) is 16.7 Å². The average Bonchev–Trinajstić information content (AvgIpc) is 2.52. The van der Waals surface area contributed by atoms with Crippen LogP contribution in [0.4, 0.5) is 4.39 Å². The van der Waals surface area contributed by atoms with Crippen molar-refractivity contribution in [2.75, 3.05) is 6.61 Å². The van der Waals surface area contributed by atoms with E-state index >= 15 is 0 Å². The molecule has 0 unspecified atom stereocenters. The maximum Gasteiger partial charge on any atom is 0.250 e. The first-order chi connectivity index (χ1) is 10.6. The molecule has 2 N–H and O–H groups in total. The fourth-order valence-electron chi connectivity index (χ4n) is 3.12. The summed E-state index contributed by atoms with van der Waals surface area (Å²) in [5, 5.41) is 0.796. The first kappa shape index (κ1) is 15.0. The predicted octanol–water partition coefficient (Wildman–Crippen LogP) is 2.57. The molecule has 4 nitrogen and oxygen atoms in total. The van der Waals surface area contributed by atoms with E-state index in [1.54, 1.807) is 19.2 Å². The molecule has 1 fully saturated rings. The van der Waals surface area contributed by atoms with Crippen molar-refractivity contribution < 1.29 is 9.13 Å². The summed E-state index contributed by atoms with van der Waals surface area (Å²) in [7, 11) is 1.64. The number of nitrogens with two attached hydrogens (primary N) is 1. The Morgan fingerprint density at radius 3 is 2.64 bits per heavy atom. The van der Waals surface area contributed by atoms with Crippen LogP contribution in [0.5, 0.6) is 5.75 Å². The van der Waals surface area contributed by atoms with Gasteiger partial charge in [-0.1, -0.05) is 0 Å². The molecule has 1 aliphatic rings. The summed E-state index contributed by atoms with van der Waals surface area (Å²) in [5.74, 6) is 0.143. The second kappa shape index (κ2) is 6.08. The molecule has 1 aliphatic carbocycles. The number of hydrogen-bond acceptors (Lipinski definition) is 3. The highest BCUT2D eigenvalue weighted by atomic mass is 19.1. The molecule has 1 aromatic heterocycles. The maximum absolute atomic E-state index is 14.2. The molecule has 0 spiro atoms. The molecule has 0 atom stereocenters. The standard InChI is InChI=1S/C17H21FN2O2/c1-20-15(21)9-5-12-4-8-14(18)17(16(12)20)22-10-11-2-6-13(19)7-3-11/h4-5,8-9,11,13H,2-3,6-7,10,19H2,1H3/t11-,13-. The molecule has 2 aromatic rings. The minimum atomic E-state index is -0.429. The lowest BCUT2D eigenvalue weighted by molar-refractivity contribution is 0.196. The minimum Gasteiger partial charge on any atom is -0.488 e. The Bertz CT molecular complexity index is 733. The van der Waals surface area contributed by atoms with Crippen LogP contribution >= 0.6 is 0 Å². The average molecular weight is 304 g/mol. The van der Waals surface area contributed by atoms with Crippen LogP contribution in [-0.2, 0) is 7.05 Å². The van der Waals surface area contributed by atoms with Crippen molar-refractivity contribution in [2.45, 2.75) is 31.7 Å². The molecule has 1 heterocycles. The van der Waals surface area contributed by atoms with Crippen LogP contribution in [0.1, 0.15) is 25.7 Å². The summed E-state index contributed by atoms with van der Waals surface area (Å²) < 4.78 is 21.4. The molecule has 22 heavy (non-hydrogen) atoms. The Morgan fingerprint density at radius 2 is 1.91 bits per heavy atom. The van der Waals surface area contributed by atoms with E-state index in [9.17, 15) is 9.18 Å². The minimum absolute atomic E-state index is 0.174. The van der Waals surface area contributed by atoms with E-state index in [0.29, 0.717) is 18.0 Å². The molecule has 5 heteroatoms. The zero-order valence-corrected chi connectivity index (χ0v) is 12.7. The van der Waals surface area contributed by atoms with Gasteiger partial charge in [-0.25, -0.2) is 4.39 Å². The van der Waals surface area contributed by atoms with Gasteiger partial charge in [0.25, 0.3) is 5.56 Å². The Morgan fingerprint density at radius 1 is 1.23 bits per heavy atom. The summed E-state index contributed by atoms with van der Waals surface area (Å²) in [6.07, 6.45) is 3.99. The van der Waals surface area contributed by atoms with Crippen LogP contribution in [-0.4, -0.2) is 17.2 Å². The van der Waals surface area contributed by atoms with Gasteiger partial charge in [0.2, 0.25) is 0 Å². The summed E-state index contributed by atoms with van der Waals surface area (Å²) in [6, 6.07) is 6.51.